The van der Waals surface area contributed by atoms with E-state index < -0.39 is 6.23 Å². The molecule has 0 aromatic rings. The van der Waals surface area contributed by atoms with Crippen LogP contribution >= 0.6 is 0 Å². The van der Waals surface area contributed by atoms with Crippen molar-refractivity contribution in [1.29, 1.82) is 0 Å². The highest BCUT2D eigenvalue weighted by Crippen LogP contribution is 1.99. The van der Waals surface area contributed by atoms with Gasteiger partial charge in [-0.25, -0.2) is 0 Å². The lowest BCUT2D eigenvalue weighted by molar-refractivity contribution is -0.0317. The molecular weight excluding hydrogens is 142 g/mol. The molecule has 0 bridgehead atoms. The van der Waals surface area contributed by atoms with E-state index >= 15 is 0 Å². The second kappa shape index (κ2) is 4.35. The normalized spacial score (nSPS) is 22.0. The molecular formula is C8H13NO2. The van der Waals surface area contributed by atoms with Crippen molar-refractivity contribution < 1.29 is 9.84 Å². The molecule has 0 amide bonds. The summed E-state index contributed by atoms with van der Waals surface area (Å²) in [6.07, 6.45) is -0.608. The van der Waals surface area contributed by atoms with Crippen LogP contribution in [0.5, 0.6) is 0 Å². The number of rotatable bonds is 1. The average Bonchev–Trinajstić information content (AvgIpc) is 2.07. The second-order valence-electron chi connectivity index (χ2n) is 2.42. The predicted octanol–water partition coefficient (Wildman–Crippen LogP) is -0.340. The molecule has 3 nitrogen and oxygen atoms in total. The number of ether oxygens (including phenoxy) is 1. The van der Waals surface area contributed by atoms with Gasteiger partial charge in [0.05, 0.1) is 13.2 Å². The Kier molecular flexibility index (Phi) is 3.37. The Morgan fingerprint density at radius 2 is 2.09 bits per heavy atom. The number of aliphatic hydroxyl groups is 1. The highest BCUT2D eigenvalue weighted by Gasteiger charge is 2.15. The summed E-state index contributed by atoms with van der Waals surface area (Å²) in [5.74, 6) is 5.37. The molecule has 11 heavy (non-hydrogen) atoms. The van der Waals surface area contributed by atoms with Crippen molar-refractivity contribution in [3.05, 3.63) is 0 Å². The maximum Gasteiger partial charge on any atom is 0.170 e. The summed E-state index contributed by atoms with van der Waals surface area (Å²) >= 11 is 0. The van der Waals surface area contributed by atoms with Gasteiger partial charge in [0, 0.05) is 13.1 Å². The first kappa shape index (κ1) is 8.54. The average molecular weight is 155 g/mol. The zero-order valence-electron chi connectivity index (χ0n) is 6.71. The van der Waals surface area contributed by atoms with Crippen molar-refractivity contribution in [3.8, 4) is 11.8 Å². The van der Waals surface area contributed by atoms with Gasteiger partial charge in [-0.1, -0.05) is 5.92 Å². The van der Waals surface area contributed by atoms with Gasteiger partial charge in [0.15, 0.2) is 6.23 Å². The van der Waals surface area contributed by atoms with Crippen LogP contribution in [-0.2, 0) is 4.74 Å². The first-order valence-electron chi connectivity index (χ1n) is 3.76. The third-order valence-electron chi connectivity index (χ3n) is 1.66. The smallest absolute Gasteiger partial charge is 0.170 e. The van der Waals surface area contributed by atoms with Crippen molar-refractivity contribution in [1.82, 2.24) is 4.90 Å². The second-order valence-corrected chi connectivity index (χ2v) is 2.42. The molecule has 0 aromatic carbocycles. The van der Waals surface area contributed by atoms with E-state index in [1.807, 2.05) is 4.90 Å². The summed E-state index contributed by atoms with van der Waals surface area (Å²) in [6, 6.07) is 0. The Hall–Kier alpha value is -0.560. The van der Waals surface area contributed by atoms with Gasteiger partial charge in [-0.3, -0.25) is 4.90 Å². The van der Waals surface area contributed by atoms with Gasteiger partial charge in [-0.05, 0) is 6.92 Å². The van der Waals surface area contributed by atoms with E-state index in [1.165, 1.54) is 0 Å². The summed E-state index contributed by atoms with van der Waals surface area (Å²) in [5, 5.41) is 9.37. The van der Waals surface area contributed by atoms with Crippen LogP contribution in [0, 0.1) is 11.8 Å². The van der Waals surface area contributed by atoms with Crippen LogP contribution in [0.2, 0.25) is 0 Å². The molecule has 1 N–H and O–H groups in total. The molecule has 0 spiro atoms. The van der Waals surface area contributed by atoms with Crippen LogP contribution < -0.4 is 0 Å². The largest absolute Gasteiger partial charge is 0.379 e. The summed E-state index contributed by atoms with van der Waals surface area (Å²) in [5.41, 5.74) is 0. The molecule has 1 unspecified atom stereocenters. The van der Waals surface area contributed by atoms with Crippen molar-refractivity contribution in [2.24, 2.45) is 0 Å². The summed E-state index contributed by atoms with van der Waals surface area (Å²) < 4.78 is 5.13. The third kappa shape index (κ3) is 2.51. The van der Waals surface area contributed by atoms with Crippen molar-refractivity contribution in [2.75, 3.05) is 26.3 Å². The standard InChI is InChI=1S/C8H13NO2/c1-2-3-8(10)9-4-6-11-7-5-9/h8,10H,4-7H2,1H3. The van der Waals surface area contributed by atoms with Crippen molar-refractivity contribution >= 4 is 0 Å². The molecule has 62 valence electrons. The molecule has 1 atom stereocenters. The Labute approximate surface area is 67.0 Å². The topological polar surface area (TPSA) is 32.7 Å². The lowest BCUT2D eigenvalue weighted by atomic mass is 10.4. The fraction of sp³-hybridized carbons (Fsp3) is 0.750. The molecule has 1 saturated heterocycles. The number of morpholine rings is 1. The number of aliphatic hydroxyl groups excluding tert-OH is 1. The zero-order valence-corrected chi connectivity index (χ0v) is 6.71. The lowest BCUT2D eigenvalue weighted by Gasteiger charge is -2.28. The lowest BCUT2D eigenvalue weighted by Crippen LogP contribution is -2.42. The molecule has 0 aliphatic carbocycles. The van der Waals surface area contributed by atoms with Crippen LogP contribution in [0.4, 0.5) is 0 Å². The third-order valence-corrected chi connectivity index (χ3v) is 1.66. The Morgan fingerprint density at radius 1 is 1.45 bits per heavy atom. The SMILES string of the molecule is CC#CC(O)N1CCOCC1. The summed E-state index contributed by atoms with van der Waals surface area (Å²) in [4.78, 5) is 1.90. The van der Waals surface area contributed by atoms with E-state index in [0.29, 0.717) is 13.2 Å². The minimum absolute atomic E-state index is 0.608. The summed E-state index contributed by atoms with van der Waals surface area (Å²) in [7, 11) is 0. The van der Waals surface area contributed by atoms with Gasteiger partial charge in [0.2, 0.25) is 0 Å². The maximum absolute atomic E-state index is 9.37. The molecule has 0 aromatic heterocycles. The minimum atomic E-state index is -0.608. The van der Waals surface area contributed by atoms with E-state index in [1.54, 1.807) is 6.92 Å². The van der Waals surface area contributed by atoms with Crippen LogP contribution in [0.25, 0.3) is 0 Å². The van der Waals surface area contributed by atoms with Gasteiger partial charge < -0.3 is 9.84 Å². The van der Waals surface area contributed by atoms with E-state index in [-0.39, 0.29) is 0 Å². The number of hydrogen-bond acceptors (Lipinski definition) is 3. The van der Waals surface area contributed by atoms with Crippen LogP contribution in [0.3, 0.4) is 0 Å². The van der Waals surface area contributed by atoms with Crippen molar-refractivity contribution in [2.45, 2.75) is 13.2 Å². The Morgan fingerprint density at radius 3 is 2.64 bits per heavy atom. The fourth-order valence-corrected chi connectivity index (χ4v) is 1.04. The molecule has 1 rings (SSSR count). The van der Waals surface area contributed by atoms with Crippen molar-refractivity contribution in [3.63, 3.8) is 0 Å². The first-order valence-corrected chi connectivity index (χ1v) is 3.76. The highest BCUT2D eigenvalue weighted by atomic mass is 16.5. The van der Waals surface area contributed by atoms with Gasteiger partial charge in [-0.15, -0.1) is 5.92 Å². The molecule has 0 saturated carbocycles. The van der Waals surface area contributed by atoms with Crippen LogP contribution in [-0.4, -0.2) is 42.5 Å². The Balaban J connectivity index is 2.36. The molecule has 3 heteroatoms. The Bertz CT molecular complexity index is 165. The molecule has 1 heterocycles. The fourth-order valence-electron chi connectivity index (χ4n) is 1.04. The monoisotopic (exact) mass is 155 g/mol. The highest BCUT2D eigenvalue weighted by molar-refractivity contribution is 5.01. The first-order chi connectivity index (χ1) is 5.34. The predicted molar refractivity (Wildman–Crippen MR) is 41.8 cm³/mol. The number of hydrogen-bond donors (Lipinski definition) is 1. The van der Waals surface area contributed by atoms with Gasteiger partial charge in [0.25, 0.3) is 0 Å². The zero-order chi connectivity index (χ0) is 8.10. The molecule has 1 aliphatic heterocycles. The van der Waals surface area contributed by atoms with Gasteiger partial charge in [-0.2, -0.15) is 0 Å². The minimum Gasteiger partial charge on any atom is -0.379 e. The van der Waals surface area contributed by atoms with E-state index in [4.69, 9.17) is 4.74 Å². The van der Waals surface area contributed by atoms with Crippen LogP contribution in [0.15, 0.2) is 0 Å². The molecule has 1 fully saturated rings. The molecule has 0 radical (unpaired) electrons. The van der Waals surface area contributed by atoms with E-state index in [2.05, 4.69) is 11.8 Å². The quantitative estimate of drug-likeness (QED) is 0.526. The molecule has 1 aliphatic rings. The maximum atomic E-state index is 9.37. The van der Waals surface area contributed by atoms with E-state index in [9.17, 15) is 5.11 Å². The van der Waals surface area contributed by atoms with Gasteiger partial charge in [0.1, 0.15) is 0 Å². The van der Waals surface area contributed by atoms with Crippen LogP contribution in [0.1, 0.15) is 6.92 Å². The van der Waals surface area contributed by atoms with E-state index in [0.717, 1.165) is 13.1 Å². The number of nitrogens with zero attached hydrogens (tertiary/aromatic N) is 1. The summed E-state index contributed by atoms with van der Waals surface area (Å²) in [6.45, 7) is 4.67. The van der Waals surface area contributed by atoms with Gasteiger partial charge >= 0.3 is 0 Å².